The second-order valence-electron chi connectivity index (χ2n) is 9.55. The molecule has 0 spiro atoms. The van der Waals surface area contributed by atoms with Crippen LogP contribution in [0.2, 0.25) is 0 Å². The molecule has 0 fully saturated rings. The zero-order chi connectivity index (χ0) is 28.5. The summed E-state index contributed by atoms with van der Waals surface area (Å²) < 4.78 is 10.6. The third kappa shape index (κ3) is 6.59. The first-order valence-corrected chi connectivity index (χ1v) is 13.1. The summed E-state index contributed by atoms with van der Waals surface area (Å²) in [5, 5.41) is 5.32. The Bertz CT molecular complexity index is 1260. The Labute approximate surface area is 232 Å². The molecule has 7 nitrogen and oxygen atoms in total. The van der Waals surface area contributed by atoms with Crippen molar-refractivity contribution in [3.05, 3.63) is 124 Å². The van der Waals surface area contributed by atoms with E-state index in [0.29, 0.717) is 5.01 Å². The number of amides is 1. The molecule has 4 aromatic rings. The molecule has 4 rings (SSSR count). The minimum Gasteiger partial charge on any atom is -0.464 e. The van der Waals surface area contributed by atoms with Gasteiger partial charge in [-0.3, -0.25) is 0 Å². The molecule has 1 N–H and O–H groups in total. The van der Waals surface area contributed by atoms with Gasteiger partial charge in [0.25, 0.3) is 0 Å². The molecule has 8 heteroatoms. The third-order valence-corrected chi connectivity index (χ3v) is 6.85. The van der Waals surface area contributed by atoms with Crippen LogP contribution in [-0.2, 0) is 19.7 Å². The fourth-order valence-electron chi connectivity index (χ4n) is 4.50. The van der Waals surface area contributed by atoms with Crippen molar-refractivity contribution in [3.8, 4) is 0 Å². The van der Waals surface area contributed by atoms with Crippen LogP contribution in [0.5, 0.6) is 0 Å². The van der Waals surface area contributed by atoms with Crippen molar-refractivity contribution in [2.24, 2.45) is 0 Å². The molecule has 0 saturated carbocycles. The first-order chi connectivity index (χ1) is 18.8. The number of rotatable bonds is 7. The molecule has 0 bridgehead atoms. The first-order valence-electron chi connectivity index (χ1n) is 12.2. The maximum Gasteiger partial charge on any atom is 0.408 e. The van der Waals surface area contributed by atoms with E-state index in [4.69, 9.17) is 14.3 Å². The first kappa shape index (κ1) is 29.3. The van der Waals surface area contributed by atoms with E-state index in [-0.39, 0.29) is 5.69 Å². The Kier molecular flexibility index (Phi) is 9.73. The minimum atomic E-state index is -0.911. The number of methoxy groups -OCH3 is 1. The van der Waals surface area contributed by atoms with Gasteiger partial charge in [-0.15, -0.1) is 11.3 Å². The number of thiazole rings is 1. The van der Waals surface area contributed by atoms with Crippen LogP contribution in [0.15, 0.2) is 96.4 Å². The van der Waals surface area contributed by atoms with E-state index in [2.05, 4.69) is 10.3 Å². The van der Waals surface area contributed by atoms with Gasteiger partial charge in [0.05, 0.1) is 12.5 Å². The Morgan fingerprint density at radius 1 is 0.821 bits per heavy atom. The van der Waals surface area contributed by atoms with E-state index in [1.807, 2.05) is 119 Å². The van der Waals surface area contributed by atoms with Gasteiger partial charge >= 0.3 is 12.1 Å². The molecule has 1 amide bonds. The van der Waals surface area contributed by atoms with Crippen molar-refractivity contribution < 1.29 is 23.9 Å². The summed E-state index contributed by atoms with van der Waals surface area (Å²) in [6, 6.07) is 29.2. The van der Waals surface area contributed by atoms with Crippen LogP contribution in [0.1, 0.15) is 59.0 Å². The van der Waals surface area contributed by atoms with Crippen molar-refractivity contribution in [2.45, 2.75) is 37.8 Å². The third-order valence-electron chi connectivity index (χ3n) is 5.94. The van der Waals surface area contributed by atoms with E-state index in [0.717, 1.165) is 16.7 Å². The maximum atomic E-state index is 13.3. The molecule has 1 atom stereocenters. The van der Waals surface area contributed by atoms with Gasteiger partial charge in [-0.1, -0.05) is 91.0 Å². The molecule has 1 heterocycles. The zero-order valence-corrected chi connectivity index (χ0v) is 23.2. The second kappa shape index (κ2) is 13.0. The van der Waals surface area contributed by atoms with Crippen LogP contribution >= 0.6 is 11.3 Å². The van der Waals surface area contributed by atoms with Gasteiger partial charge in [0.2, 0.25) is 0 Å². The number of nitrogens with one attached hydrogen (secondary N) is 1. The molecule has 0 radical (unpaired) electrons. The van der Waals surface area contributed by atoms with Gasteiger partial charge in [-0.2, -0.15) is 0 Å². The molecule has 0 saturated heterocycles. The number of nitrogens with zero attached hydrogens (tertiary/aromatic N) is 1. The highest BCUT2D eigenvalue weighted by Gasteiger charge is 2.47. The van der Waals surface area contributed by atoms with E-state index < -0.39 is 29.1 Å². The monoisotopic (exact) mass is 544 g/mol. The predicted octanol–water partition coefficient (Wildman–Crippen LogP) is 6.35. The lowest BCUT2D eigenvalue weighted by Crippen LogP contribution is -2.47. The molecule has 0 aliphatic carbocycles. The fraction of sp³-hybridized carbons (Fsp3) is 0.226. The number of esters is 1. The van der Waals surface area contributed by atoms with Crippen LogP contribution in [0.25, 0.3) is 0 Å². The molecule has 202 valence electrons. The summed E-state index contributed by atoms with van der Waals surface area (Å²) in [5.74, 6) is -0.539. The SMILES string of the molecule is C=O.COC(=O)c1csc(C(NC(=O)OC(C)(C)C)C(c2ccccc2)(c2ccccc2)c2ccccc2)n1. The van der Waals surface area contributed by atoms with Gasteiger partial charge in [-0.05, 0) is 37.5 Å². The molecule has 0 aliphatic heterocycles. The number of alkyl carbamates (subject to hydrolysis) is 1. The smallest absolute Gasteiger partial charge is 0.408 e. The summed E-state index contributed by atoms with van der Waals surface area (Å²) in [7, 11) is 1.32. The van der Waals surface area contributed by atoms with Gasteiger partial charge in [0, 0.05) is 5.38 Å². The van der Waals surface area contributed by atoms with Crippen LogP contribution in [0.4, 0.5) is 4.79 Å². The van der Waals surface area contributed by atoms with Crippen LogP contribution < -0.4 is 5.32 Å². The number of carbonyl (C=O) groups excluding carboxylic acids is 3. The van der Waals surface area contributed by atoms with Crippen molar-refractivity contribution in [1.29, 1.82) is 0 Å². The second-order valence-corrected chi connectivity index (χ2v) is 10.4. The van der Waals surface area contributed by atoms with E-state index >= 15 is 0 Å². The van der Waals surface area contributed by atoms with Gasteiger partial charge in [0.15, 0.2) is 5.69 Å². The van der Waals surface area contributed by atoms with Crippen molar-refractivity contribution >= 4 is 30.2 Å². The number of benzene rings is 3. The van der Waals surface area contributed by atoms with Crippen molar-refractivity contribution in [1.82, 2.24) is 10.3 Å². The Morgan fingerprint density at radius 2 is 1.26 bits per heavy atom. The average molecular weight is 545 g/mol. The van der Waals surface area contributed by atoms with Gasteiger partial charge in [-0.25, -0.2) is 14.6 Å². The fourth-order valence-corrected chi connectivity index (χ4v) is 5.41. The van der Waals surface area contributed by atoms with Gasteiger partial charge in [0.1, 0.15) is 23.4 Å². The number of aromatic nitrogens is 1. The standard InChI is InChI=1S/C30H30N2O4S.CH2O/c1-29(2,3)36-28(34)32-25(26-31-24(20-37-26)27(33)35-4)30(21-14-8-5-9-15-21,22-16-10-6-11-17-22)23-18-12-7-13-19-23;1-2/h5-20,25H,1-4H3,(H,32,34);1H2. The summed E-state index contributed by atoms with van der Waals surface area (Å²) >= 11 is 1.29. The van der Waals surface area contributed by atoms with E-state index in [1.54, 1.807) is 5.38 Å². The highest BCUT2D eigenvalue weighted by molar-refractivity contribution is 7.10. The summed E-state index contributed by atoms with van der Waals surface area (Å²) in [6.07, 6.45) is -0.584. The normalized spacial score (nSPS) is 11.9. The molecule has 0 aliphatic rings. The van der Waals surface area contributed by atoms with Crippen LogP contribution in [0.3, 0.4) is 0 Å². The Hall–Kier alpha value is -4.30. The number of hydrogen-bond donors (Lipinski definition) is 1. The summed E-state index contributed by atoms with van der Waals surface area (Å²) in [4.78, 5) is 38.3. The topological polar surface area (TPSA) is 94.6 Å². The Balaban J connectivity index is 0.00000205. The summed E-state index contributed by atoms with van der Waals surface area (Å²) in [6.45, 7) is 7.46. The number of ether oxygens (including phenoxy) is 2. The van der Waals surface area contributed by atoms with Crippen LogP contribution in [-0.4, -0.2) is 36.5 Å². The molecular formula is C31H32N2O5S. The largest absolute Gasteiger partial charge is 0.464 e. The molecule has 39 heavy (non-hydrogen) atoms. The lowest BCUT2D eigenvalue weighted by molar-refractivity contribution is -0.0980. The minimum absolute atomic E-state index is 0.182. The predicted molar refractivity (Wildman–Crippen MR) is 152 cm³/mol. The van der Waals surface area contributed by atoms with Crippen molar-refractivity contribution in [3.63, 3.8) is 0 Å². The number of carbonyl (C=O) groups is 3. The number of hydrogen-bond acceptors (Lipinski definition) is 7. The highest BCUT2D eigenvalue weighted by atomic mass is 32.1. The molecule has 3 aromatic carbocycles. The van der Waals surface area contributed by atoms with Gasteiger partial charge < -0.3 is 19.6 Å². The van der Waals surface area contributed by atoms with E-state index in [9.17, 15) is 9.59 Å². The molecule has 1 aromatic heterocycles. The lowest BCUT2D eigenvalue weighted by atomic mass is 9.64. The average Bonchev–Trinajstić information content (AvgIpc) is 3.44. The maximum absolute atomic E-state index is 13.3. The van der Waals surface area contributed by atoms with Crippen LogP contribution in [0, 0.1) is 0 Å². The zero-order valence-electron chi connectivity index (χ0n) is 22.4. The highest BCUT2D eigenvalue weighted by Crippen LogP contribution is 2.49. The molecular weight excluding hydrogens is 512 g/mol. The van der Waals surface area contributed by atoms with E-state index in [1.165, 1.54) is 18.4 Å². The molecule has 1 unspecified atom stereocenters. The van der Waals surface area contributed by atoms with Crippen molar-refractivity contribution in [2.75, 3.05) is 7.11 Å². The lowest BCUT2D eigenvalue weighted by Gasteiger charge is -2.42. The Morgan fingerprint density at radius 3 is 1.64 bits per heavy atom. The summed E-state index contributed by atoms with van der Waals surface area (Å²) in [5.41, 5.74) is 1.41. The quantitative estimate of drug-likeness (QED) is 0.215.